The van der Waals surface area contributed by atoms with Gasteiger partial charge in [0.1, 0.15) is 16.7 Å². The number of anilines is 1. The van der Waals surface area contributed by atoms with Crippen molar-refractivity contribution >= 4 is 58.0 Å². The minimum Gasteiger partial charge on any atom is -0.633 e. The van der Waals surface area contributed by atoms with E-state index >= 15 is 0 Å². The molecule has 3 rings (SSSR count). The van der Waals surface area contributed by atoms with Crippen LogP contribution in [-0.4, -0.2) is 48.8 Å². The first-order valence-electron chi connectivity index (χ1n) is 8.63. The highest BCUT2D eigenvalue weighted by atomic mass is 35.5. The number of hydroxylamine groups is 3. The van der Waals surface area contributed by atoms with Crippen LogP contribution in [0.25, 0.3) is 21.8 Å². The average molecular weight is 443 g/mol. The number of pyridine rings is 1. The molecule has 0 unspecified atom stereocenters. The quantitative estimate of drug-likeness (QED) is 0.189. The van der Waals surface area contributed by atoms with E-state index in [0.717, 1.165) is 5.39 Å². The Morgan fingerprint density at radius 2 is 1.86 bits per heavy atom. The van der Waals surface area contributed by atoms with Gasteiger partial charge < -0.3 is 19.9 Å². The molecule has 0 aliphatic carbocycles. The lowest BCUT2D eigenvalue weighted by atomic mass is 10.1. The minimum absolute atomic E-state index is 0. The number of ether oxygens (including phenoxy) is 1. The average Bonchev–Trinajstić information content (AvgIpc) is 2.62. The number of hydrogen-bond donors (Lipinski definition) is 1. The molecule has 3 aromatic rings. The highest BCUT2D eigenvalue weighted by Crippen LogP contribution is 2.40. The number of non-ortho nitro benzene ring substituents is 1. The second kappa shape index (κ2) is 9.89. The molecule has 8 nitrogen and oxygen atoms in total. The number of aromatic nitrogens is 1. The van der Waals surface area contributed by atoms with Crippen LogP contribution in [0.1, 0.15) is 6.42 Å². The van der Waals surface area contributed by atoms with Gasteiger partial charge in [-0.2, -0.15) is 0 Å². The first-order valence-corrected chi connectivity index (χ1v) is 8.63. The lowest BCUT2D eigenvalue weighted by Gasteiger charge is -2.33. The second-order valence-electron chi connectivity index (χ2n) is 6.85. The number of nitrogens with zero attached hydrogens (tertiary/aromatic N) is 3. The van der Waals surface area contributed by atoms with Crippen LogP contribution in [0.15, 0.2) is 36.4 Å². The number of fused-ring (bicyclic) bond motifs is 2. The van der Waals surface area contributed by atoms with Gasteiger partial charge in [-0.3, -0.25) is 10.1 Å². The van der Waals surface area contributed by atoms with Crippen LogP contribution in [-0.2, 0) is 0 Å². The SMILES string of the molecule is COc1ccc([N+](=O)[O-])c2c(NCCC[N+](C)(C)[O-])c3ccccc3nc12.Cl.Cl. The molecule has 0 spiro atoms. The first-order chi connectivity index (χ1) is 12.8. The van der Waals surface area contributed by atoms with E-state index in [4.69, 9.17) is 4.74 Å². The van der Waals surface area contributed by atoms with Crippen molar-refractivity contribution in [3.05, 3.63) is 51.7 Å². The lowest BCUT2D eigenvalue weighted by molar-refractivity contribution is -0.839. The number of methoxy groups -OCH3 is 1. The summed E-state index contributed by atoms with van der Waals surface area (Å²) in [6.07, 6.45) is 0.631. The summed E-state index contributed by atoms with van der Waals surface area (Å²) in [6, 6.07) is 10.5. The largest absolute Gasteiger partial charge is 0.633 e. The van der Waals surface area contributed by atoms with Crippen LogP contribution in [0, 0.1) is 15.3 Å². The molecule has 0 amide bonds. The van der Waals surface area contributed by atoms with Gasteiger partial charge in [-0.1, -0.05) is 18.2 Å². The van der Waals surface area contributed by atoms with E-state index in [0.29, 0.717) is 47.4 Å². The van der Waals surface area contributed by atoms with E-state index in [2.05, 4.69) is 10.3 Å². The molecule has 1 aromatic heterocycles. The maximum absolute atomic E-state index is 11.8. The molecular formula is C19H24Cl2N4O4. The van der Waals surface area contributed by atoms with E-state index in [1.807, 2.05) is 24.3 Å². The smallest absolute Gasteiger partial charge is 0.281 e. The van der Waals surface area contributed by atoms with Crippen molar-refractivity contribution in [2.75, 3.05) is 39.6 Å². The lowest BCUT2D eigenvalue weighted by Crippen LogP contribution is -2.34. The summed E-state index contributed by atoms with van der Waals surface area (Å²) in [4.78, 5) is 15.8. The van der Waals surface area contributed by atoms with Gasteiger partial charge in [-0.25, -0.2) is 4.98 Å². The third-order valence-corrected chi connectivity index (χ3v) is 4.37. The number of rotatable bonds is 7. The molecule has 0 atom stereocenters. The Morgan fingerprint density at radius 1 is 1.17 bits per heavy atom. The predicted molar refractivity (Wildman–Crippen MR) is 120 cm³/mol. The molecule has 0 aliphatic rings. The highest BCUT2D eigenvalue weighted by Gasteiger charge is 2.22. The van der Waals surface area contributed by atoms with Crippen LogP contribution >= 0.6 is 24.8 Å². The van der Waals surface area contributed by atoms with Crippen LogP contribution in [0.5, 0.6) is 5.75 Å². The zero-order chi connectivity index (χ0) is 19.6. The van der Waals surface area contributed by atoms with Gasteiger partial charge in [0.15, 0.2) is 0 Å². The van der Waals surface area contributed by atoms with E-state index in [1.165, 1.54) is 13.2 Å². The summed E-state index contributed by atoms with van der Waals surface area (Å²) in [7, 11) is 4.69. The van der Waals surface area contributed by atoms with Crippen molar-refractivity contribution in [2.24, 2.45) is 0 Å². The van der Waals surface area contributed by atoms with Crippen molar-refractivity contribution in [2.45, 2.75) is 6.42 Å². The van der Waals surface area contributed by atoms with Gasteiger partial charge in [0.25, 0.3) is 5.69 Å². The standard InChI is InChI=1S/C19H22N4O4.2ClH/c1-23(2,26)12-6-11-20-18-13-7-4-5-8-14(13)21-19-16(27-3)10-9-15(17(18)19)22(24)25;;/h4-5,7-10H,6,11-12H2,1-3H3,(H,20,21);2*1H. The Kier molecular flexibility index (Phi) is 8.40. The Balaban J connectivity index is 0.00000210. The van der Waals surface area contributed by atoms with Crippen molar-refractivity contribution in [1.82, 2.24) is 4.98 Å². The van der Waals surface area contributed by atoms with Gasteiger partial charge >= 0.3 is 0 Å². The molecule has 0 fully saturated rings. The molecule has 0 radical (unpaired) electrons. The summed E-state index contributed by atoms with van der Waals surface area (Å²) >= 11 is 0. The van der Waals surface area contributed by atoms with Crippen LogP contribution in [0.2, 0.25) is 0 Å². The van der Waals surface area contributed by atoms with Crippen LogP contribution < -0.4 is 10.1 Å². The van der Waals surface area contributed by atoms with Crippen LogP contribution in [0.4, 0.5) is 11.4 Å². The highest BCUT2D eigenvalue weighted by molar-refractivity contribution is 6.12. The molecule has 0 bridgehead atoms. The Hall–Kier alpha value is -2.39. The molecule has 1 heterocycles. The van der Waals surface area contributed by atoms with Gasteiger partial charge in [0.05, 0.1) is 43.9 Å². The van der Waals surface area contributed by atoms with E-state index in [9.17, 15) is 15.3 Å². The fraction of sp³-hybridized carbons (Fsp3) is 0.316. The van der Waals surface area contributed by atoms with Gasteiger partial charge in [-0.05, 0) is 12.1 Å². The van der Waals surface area contributed by atoms with Crippen LogP contribution in [0.3, 0.4) is 0 Å². The fourth-order valence-corrected chi connectivity index (χ4v) is 3.13. The summed E-state index contributed by atoms with van der Waals surface area (Å²) in [5, 5.41) is 27.9. The van der Waals surface area contributed by atoms with Crippen molar-refractivity contribution in [3.63, 3.8) is 0 Å². The van der Waals surface area contributed by atoms with Crippen molar-refractivity contribution in [1.29, 1.82) is 0 Å². The Labute approximate surface area is 181 Å². The number of quaternary nitrogens is 1. The Morgan fingerprint density at radius 3 is 2.48 bits per heavy atom. The number of nitro benzene ring substituents is 1. The number of nitro groups is 1. The third kappa shape index (κ3) is 5.36. The summed E-state index contributed by atoms with van der Waals surface area (Å²) < 4.78 is 5.00. The topological polar surface area (TPSA) is 100 Å². The van der Waals surface area contributed by atoms with Gasteiger partial charge in [0.2, 0.25) is 0 Å². The zero-order valence-corrected chi connectivity index (χ0v) is 18.0. The molecule has 2 aromatic carbocycles. The molecule has 10 heteroatoms. The molecule has 29 heavy (non-hydrogen) atoms. The van der Waals surface area contributed by atoms with Gasteiger partial charge in [-0.15, -0.1) is 24.8 Å². The molecule has 1 N–H and O–H groups in total. The minimum atomic E-state index is -0.416. The number of nitrogens with one attached hydrogen (secondary N) is 1. The van der Waals surface area contributed by atoms with Crippen molar-refractivity contribution < 1.29 is 14.3 Å². The Bertz CT molecular complexity index is 1010. The maximum atomic E-state index is 11.8. The normalized spacial score (nSPS) is 10.9. The second-order valence-corrected chi connectivity index (χ2v) is 6.85. The van der Waals surface area contributed by atoms with E-state index in [1.54, 1.807) is 20.2 Å². The van der Waals surface area contributed by atoms with E-state index in [-0.39, 0.29) is 35.1 Å². The fourth-order valence-electron chi connectivity index (χ4n) is 3.13. The molecule has 0 saturated heterocycles. The summed E-state index contributed by atoms with van der Waals surface area (Å²) in [5.41, 5.74) is 1.75. The molecule has 158 valence electrons. The molecule has 0 aliphatic heterocycles. The monoisotopic (exact) mass is 442 g/mol. The number of hydrogen-bond acceptors (Lipinski definition) is 6. The first kappa shape index (κ1) is 24.6. The summed E-state index contributed by atoms with van der Waals surface area (Å²) in [5.74, 6) is 0.474. The molecule has 0 saturated carbocycles. The van der Waals surface area contributed by atoms with Crippen molar-refractivity contribution in [3.8, 4) is 5.75 Å². The number of benzene rings is 2. The molecular weight excluding hydrogens is 419 g/mol. The van der Waals surface area contributed by atoms with Gasteiger partial charge in [0, 0.05) is 24.4 Å². The number of para-hydroxylation sites is 1. The maximum Gasteiger partial charge on any atom is 0.281 e. The zero-order valence-electron chi connectivity index (χ0n) is 16.4. The predicted octanol–water partition coefficient (Wildman–Crippen LogP) is 4.52. The summed E-state index contributed by atoms with van der Waals surface area (Å²) in [6.45, 7) is 0.959. The van der Waals surface area contributed by atoms with E-state index < -0.39 is 4.92 Å². The third-order valence-electron chi connectivity index (χ3n) is 4.37. The number of halogens is 2.